The van der Waals surface area contributed by atoms with E-state index in [2.05, 4.69) is 156 Å². The molecule has 0 atom stereocenters. The molecule has 0 aliphatic rings. The summed E-state index contributed by atoms with van der Waals surface area (Å²) < 4.78 is 0. The maximum absolute atomic E-state index is 6.75. The molecule has 0 aromatic heterocycles. The first-order chi connectivity index (χ1) is 22.0. The largest absolute Gasteiger partial charge is 2.00 e. The number of hydrogen-bond donors (Lipinski definition) is 22. The summed E-state index contributed by atoms with van der Waals surface area (Å²) in [4.78, 5) is 0. The topological polar surface area (TPSA) is 445 Å². The van der Waals surface area contributed by atoms with Crippen molar-refractivity contribution in [1.29, 1.82) is 0 Å². The van der Waals surface area contributed by atoms with Crippen LogP contribution in [0.5, 0.6) is 0 Å². The molecule has 0 saturated heterocycles. The van der Waals surface area contributed by atoms with Gasteiger partial charge in [-0.2, -0.15) is 0 Å². The zero-order valence-corrected chi connectivity index (χ0v) is 48.5. The summed E-state index contributed by atoms with van der Waals surface area (Å²) in [7, 11) is 49.5. The third-order valence-electron chi connectivity index (χ3n) is 0. The Morgan fingerprint density at radius 2 is 0.0962 bits per heavy atom. The predicted molar refractivity (Wildman–Crippen MR) is 160 cm³/mol. The van der Waals surface area contributed by atoms with Crippen LogP contribution < -0.4 is 0 Å². The van der Waals surface area contributed by atoms with E-state index in [9.17, 15) is 0 Å². The molecule has 0 fully saturated rings. The van der Waals surface area contributed by atoms with E-state index in [1.165, 1.54) is 0 Å². The van der Waals surface area contributed by atoms with Gasteiger partial charge in [-0.25, -0.2) is 156 Å². The standard InChI is InChI=1S/22CH3O.8Os/c22*1-2;;;;;;;;/h22*2H,1H2;;;;;;;;/q22*-1;;;;;;;2*+2. The van der Waals surface area contributed by atoms with Gasteiger partial charge in [0, 0.05) is 119 Å². The first-order valence-corrected chi connectivity index (χ1v) is 6.96. The normalized spacial score (nSPS) is 2.54. The average Bonchev–Trinajstić information content (AvgIpc) is 3.28. The molecule has 52 heavy (non-hydrogen) atoms. The van der Waals surface area contributed by atoms with Crippen molar-refractivity contribution in [3.63, 3.8) is 0 Å². The van der Waals surface area contributed by atoms with Crippen LogP contribution in [0, 0.1) is 156 Å². The third-order valence-corrected chi connectivity index (χ3v) is 0. The molecule has 0 saturated carbocycles. The Morgan fingerprint density at radius 3 is 0.0962 bits per heavy atom. The van der Waals surface area contributed by atoms with Crippen LogP contribution in [0.25, 0.3) is 0 Å². The van der Waals surface area contributed by atoms with Crippen molar-refractivity contribution in [1.82, 2.24) is 0 Å². The van der Waals surface area contributed by atoms with Gasteiger partial charge in [0.05, 0.1) is 0 Å². The van der Waals surface area contributed by atoms with Gasteiger partial charge in [-0.05, 0) is 0 Å². The van der Waals surface area contributed by atoms with Gasteiger partial charge in [0.2, 0.25) is 0 Å². The van der Waals surface area contributed by atoms with E-state index in [0.29, 0.717) is 0 Å². The van der Waals surface area contributed by atoms with Gasteiger partial charge in [0.25, 0.3) is 0 Å². The van der Waals surface area contributed by atoms with Crippen LogP contribution in [0.2, 0.25) is 0 Å². The monoisotopic (exact) mass is 2220 g/mol. The minimum Gasteiger partial charge on any atom is -0.569 e. The summed E-state index contributed by atoms with van der Waals surface area (Å²) in [5.41, 5.74) is 0. The van der Waals surface area contributed by atoms with Gasteiger partial charge >= 0.3 is 39.6 Å². The van der Waals surface area contributed by atoms with Crippen LogP contribution in [-0.2, 0) is 158 Å². The number of hydrogen-bond acceptors (Lipinski definition) is 22. The maximum atomic E-state index is 6.75. The second-order valence-electron chi connectivity index (χ2n) is 0. The van der Waals surface area contributed by atoms with E-state index >= 15 is 0 Å². The zero-order chi connectivity index (χ0) is 44.0. The van der Waals surface area contributed by atoms with E-state index in [0.717, 1.165) is 0 Å². The van der Waals surface area contributed by atoms with Gasteiger partial charge in [0.1, 0.15) is 0 Å². The molecule has 0 amide bonds. The van der Waals surface area contributed by atoms with E-state index in [-0.39, 0.29) is 158 Å². The summed E-state index contributed by atoms with van der Waals surface area (Å²) in [6.45, 7) is 0. The fraction of sp³-hybridized carbons (Fsp3) is 0. The molecule has 0 aliphatic heterocycles. The zero-order valence-electron chi connectivity index (χ0n) is 28.2. The van der Waals surface area contributed by atoms with Crippen LogP contribution in [-0.4, -0.2) is 112 Å². The van der Waals surface area contributed by atoms with Crippen LogP contribution in [0.15, 0.2) is 0 Å². The van der Waals surface area contributed by atoms with Crippen molar-refractivity contribution in [2.75, 3.05) is 0 Å². The van der Waals surface area contributed by atoms with Gasteiger partial charge < -0.3 is 112 Å². The molecule has 30 heteroatoms. The van der Waals surface area contributed by atoms with E-state index < -0.39 is 0 Å². The minimum absolute atomic E-state index is 0. The van der Waals surface area contributed by atoms with Gasteiger partial charge in [0.15, 0.2) is 0 Å². The molecule has 0 spiro atoms. The Morgan fingerprint density at radius 1 is 0.0962 bits per heavy atom. The van der Waals surface area contributed by atoms with Crippen molar-refractivity contribution in [2.24, 2.45) is 0 Å². The molecular weight excluding hydrogens is 2140 g/mol. The number of rotatable bonds is 0. The molecule has 0 unspecified atom stereocenters. The van der Waals surface area contributed by atoms with Crippen LogP contribution in [0.1, 0.15) is 0 Å². The van der Waals surface area contributed by atoms with Crippen molar-refractivity contribution >= 4 is 0 Å². The van der Waals surface area contributed by atoms with Crippen LogP contribution >= 0.6 is 0 Å². The fourth-order valence-electron chi connectivity index (χ4n) is 0. The Bertz CT molecular complexity index is 76.2. The maximum Gasteiger partial charge on any atom is 2.00 e. The predicted octanol–water partition coefficient (Wildman–Crippen LogP) is 3.29. The van der Waals surface area contributed by atoms with Gasteiger partial charge in [-0.1, -0.05) is 0 Å². The van der Waals surface area contributed by atoms with Gasteiger partial charge in [-0.15, -0.1) is 0 Å². The summed E-state index contributed by atoms with van der Waals surface area (Å²) in [5, 5.41) is 148. The molecule has 22 N–H and O–H groups in total. The second-order valence-corrected chi connectivity index (χ2v) is 0. The Labute approximate surface area is 422 Å². The molecule has 22 nitrogen and oxygen atoms in total. The first kappa shape index (κ1) is 249. The quantitative estimate of drug-likeness (QED) is 0.155. The molecule has 0 aromatic carbocycles. The average molecular weight is 2200 g/mol. The number of aliphatic hydroxyl groups excluding tert-OH is 22. The molecule has 368 valence electrons. The first-order valence-electron chi connectivity index (χ1n) is 6.96. The summed E-state index contributed by atoms with van der Waals surface area (Å²) in [6, 6.07) is 0. The van der Waals surface area contributed by atoms with Crippen LogP contribution in [0.3, 0.4) is 0 Å². The molecule has 0 rings (SSSR count). The minimum atomic E-state index is 0. The Kier molecular flexibility index (Phi) is 43900. The number of aliphatic hydroxyl groups is 22. The van der Waals surface area contributed by atoms with Crippen molar-refractivity contribution < 1.29 is 271 Å². The smallest absolute Gasteiger partial charge is 0.569 e. The van der Waals surface area contributed by atoms with Crippen molar-refractivity contribution in [3.05, 3.63) is 156 Å². The summed E-state index contributed by atoms with van der Waals surface area (Å²) in [5.74, 6) is 0. The molecule has 0 bridgehead atoms. The Hall–Kier alpha value is 4.21. The Balaban J connectivity index is -0.00000000346. The molecule has 0 radical (unpaired) electrons. The summed E-state index contributed by atoms with van der Waals surface area (Å²) in [6.07, 6.45) is 0. The fourth-order valence-corrected chi connectivity index (χ4v) is 0. The van der Waals surface area contributed by atoms with Crippen molar-refractivity contribution in [2.45, 2.75) is 0 Å². The molecule has 0 aliphatic carbocycles. The van der Waals surface area contributed by atoms with Crippen molar-refractivity contribution in [3.8, 4) is 0 Å². The van der Waals surface area contributed by atoms with E-state index in [1.54, 1.807) is 0 Å². The third kappa shape index (κ3) is 8660. The second kappa shape index (κ2) is 9150. The molecule has 0 aromatic rings. The van der Waals surface area contributed by atoms with Gasteiger partial charge in [-0.3, -0.25) is 0 Å². The summed E-state index contributed by atoms with van der Waals surface area (Å²) >= 11 is 0. The molecular formula is C22H66O22Os8-18. The van der Waals surface area contributed by atoms with Crippen LogP contribution in [0.4, 0.5) is 0 Å². The SMILES string of the molecule is [CH2-]O.[CH2-]O.[CH2-]O.[CH2-]O.[CH2-]O.[CH2-]O.[CH2-]O.[CH2-]O.[CH2-]O.[CH2-]O.[CH2-]O.[CH2-]O.[CH2-]O.[CH2-]O.[CH2-]O.[CH2-]O.[CH2-]O.[CH2-]O.[CH2-]O.[CH2-]O.[CH2-]O.[CH2-]O.[Os+2].[Os+2].[Os].[Os].[Os].[Os].[Os].[Os]. The molecule has 0 heterocycles. The van der Waals surface area contributed by atoms with E-state index in [1.807, 2.05) is 0 Å². The van der Waals surface area contributed by atoms with E-state index in [4.69, 9.17) is 112 Å².